The Morgan fingerprint density at radius 1 is 0.680 bits per heavy atom. The van der Waals surface area contributed by atoms with E-state index in [1.54, 1.807) is 0 Å². The molecular formula is C45H62O4Si. The van der Waals surface area contributed by atoms with Gasteiger partial charge in [-0.15, -0.1) is 0 Å². The summed E-state index contributed by atoms with van der Waals surface area (Å²) in [6.07, 6.45) is 7.21. The van der Waals surface area contributed by atoms with E-state index in [0.717, 1.165) is 50.9 Å². The second-order valence-corrected chi connectivity index (χ2v) is 20.6. The summed E-state index contributed by atoms with van der Waals surface area (Å²) in [6, 6.07) is 27.5. The van der Waals surface area contributed by atoms with Crippen molar-refractivity contribution in [2.45, 2.75) is 123 Å². The maximum atomic E-state index is 7.02. The first-order valence-corrected chi connectivity index (χ1v) is 21.6. The van der Waals surface area contributed by atoms with Crippen LogP contribution in [0, 0.1) is 0 Å². The van der Waals surface area contributed by atoms with Gasteiger partial charge in [0.2, 0.25) is 0 Å². The lowest BCUT2D eigenvalue weighted by Gasteiger charge is -2.42. The van der Waals surface area contributed by atoms with Crippen molar-refractivity contribution in [2.24, 2.45) is 0 Å². The van der Waals surface area contributed by atoms with Crippen molar-refractivity contribution < 1.29 is 18.6 Å². The first kappa shape index (κ1) is 38.3. The highest BCUT2D eigenvalue weighted by molar-refractivity contribution is 6.77. The number of fused-ring (bicyclic) bond motifs is 1. The average Bonchev–Trinajstić information content (AvgIpc) is 3.12. The number of benzene rings is 4. The molecule has 0 N–H and O–H groups in total. The van der Waals surface area contributed by atoms with Crippen LogP contribution in [0.1, 0.15) is 97.8 Å². The molecule has 5 heteroatoms. The van der Waals surface area contributed by atoms with E-state index in [4.69, 9.17) is 18.6 Å². The molecule has 0 radical (unpaired) electrons. The summed E-state index contributed by atoms with van der Waals surface area (Å²) in [7, 11) is -1.98. The smallest absolute Gasteiger partial charge is 0.200 e. The van der Waals surface area contributed by atoms with Crippen LogP contribution in [-0.2, 0) is 33.2 Å². The number of ether oxygens (including phenoxy) is 3. The fraction of sp³-hybridized carbons (Fsp3) is 0.511. The van der Waals surface area contributed by atoms with Gasteiger partial charge in [-0.2, -0.15) is 0 Å². The van der Waals surface area contributed by atoms with Crippen LogP contribution in [0.25, 0.3) is 33.0 Å². The Bertz CT molecular complexity index is 1650. The van der Waals surface area contributed by atoms with Crippen molar-refractivity contribution >= 4 is 19.1 Å². The predicted molar refractivity (Wildman–Crippen MR) is 214 cm³/mol. The zero-order chi connectivity index (χ0) is 35.7. The van der Waals surface area contributed by atoms with Gasteiger partial charge in [0.25, 0.3) is 0 Å². The Labute approximate surface area is 304 Å². The standard InChI is InChI=1S/C45H62O4Si/c1-9-13-35-15-16-38-30-41(18-17-37(38)28-35)43-21-19-39(29-36(43)10-2)40-20-22-44(46-26-27-48-45-14-11-12-24-47-45)42(31-40)23-25-49-50(32(3)4,33(5)6)34(7)8/h15-22,28-34,45H,9-14,23-27H2,1-8H3. The molecule has 270 valence electrons. The largest absolute Gasteiger partial charge is 0.491 e. The van der Waals surface area contributed by atoms with Crippen LogP contribution < -0.4 is 4.74 Å². The van der Waals surface area contributed by atoms with Gasteiger partial charge in [-0.25, -0.2) is 0 Å². The first-order chi connectivity index (χ1) is 24.2. The Kier molecular flexibility index (Phi) is 13.8. The van der Waals surface area contributed by atoms with Crippen molar-refractivity contribution in [3.05, 3.63) is 89.5 Å². The minimum atomic E-state index is -1.98. The predicted octanol–water partition coefficient (Wildman–Crippen LogP) is 12.3. The molecule has 0 bridgehead atoms. The Morgan fingerprint density at radius 3 is 2.04 bits per heavy atom. The summed E-state index contributed by atoms with van der Waals surface area (Å²) in [5.74, 6) is 0.919. The molecule has 1 saturated heterocycles. The van der Waals surface area contributed by atoms with Crippen LogP contribution in [0.5, 0.6) is 5.75 Å². The van der Waals surface area contributed by atoms with Gasteiger partial charge < -0.3 is 18.6 Å². The summed E-state index contributed by atoms with van der Waals surface area (Å²) in [5, 5.41) is 2.62. The number of aryl methyl sites for hydroxylation is 2. The Balaban J connectivity index is 1.39. The van der Waals surface area contributed by atoms with Crippen molar-refractivity contribution in [3.63, 3.8) is 0 Å². The lowest BCUT2D eigenvalue weighted by atomic mass is 9.91. The van der Waals surface area contributed by atoms with Crippen LogP contribution in [0.15, 0.2) is 72.8 Å². The third-order valence-corrected chi connectivity index (χ3v) is 17.0. The van der Waals surface area contributed by atoms with Crippen molar-refractivity contribution in [3.8, 4) is 28.0 Å². The van der Waals surface area contributed by atoms with Gasteiger partial charge in [0.15, 0.2) is 14.6 Å². The van der Waals surface area contributed by atoms with Gasteiger partial charge in [0, 0.05) is 13.2 Å². The molecule has 0 aromatic heterocycles. The van der Waals surface area contributed by atoms with Gasteiger partial charge in [0.1, 0.15) is 12.4 Å². The van der Waals surface area contributed by atoms with Gasteiger partial charge in [-0.05, 0) is 123 Å². The van der Waals surface area contributed by atoms with Gasteiger partial charge in [-0.3, -0.25) is 0 Å². The van der Waals surface area contributed by atoms with Crippen molar-refractivity contribution in [1.29, 1.82) is 0 Å². The lowest BCUT2D eigenvalue weighted by molar-refractivity contribution is -0.165. The molecule has 1 unspecified atom stereocenters. The monoisotopic (exact) mass is 694 g/mol. The Morgan fingerprint density at radius 2 is 1.36 bits per heavy atom. The molecule has 0 spiro atoms. The zero-order valence-electron chi connectivity index (χ0n) is 32.1. The summed E-state index contributed by atoms with van der Waals surface area (Å²) >= 11 is 0. The first-order valence-electron chi connectivity index (χ1n) is 19.4. The number of rotatable bonds is 17. The van der Waals surface area contributed by atoms with Crippen molar-refractivity contribution in [2.75, 3.05) is 26.4 Å². The van der Waals surface area contributed by atoms with E-state index < -0.39 is 8.32 Å². The van der Waals surface area contributed by atoms with E-state index in [2.05, 4.69) is 128 Å². The highest BCUT2D eigenvalue weighted by Crippen LogP contribution is 2.42. The molecule has 4 aromatic rings. The third-order valence-electron chi connectivity index (χ3n) is 10.8. The maximum absolute atomic E-state index is 7.02. The molecule has 5 rings (SSSR count). The van der Waals surface area contributed by atoms with Gasteiger partial charge >= 0.3 is 0 Å². The van der Waals surface area contributed by atoms with E-state index in [9.17, 15) is 0 Å². The minimum Gasteiger partial charge on any atom is -0.491 e. The second kappa shape index (κ2) is 18.0. The molecule has 1 heterocycles. The van der Waals surface area contributed by atoms with Crippen LogP contribution in [0.2, 0.25) is 16.6 Å². The summed E-state index contributed by atoms with van der Waals surface area (Å²) in [6.45, 7) is 21.1. The summed E-state index contributed by atoms with van der Waals surface area (Å²) in [4.78, 5) is 0. The third kappa shape index (κ3) is 9.09. The molecule has 0 aliphatic carbocycles. The summed E-state index contributed by atoms with van der Waals surface area (Å²) < 4.78 is 25.2. The second-order valence-electron chi connectivity index (χ2n) is 15.1. The van der Waals surface area contributed by atoms with E-state index in [1.807, 2.05) is 0 Å². The molecule has 1 aliphatic heterocycles. The topological polar surface area (TPSA) is 36.9 Å². The highest BCUT2D eigenvalue weighted by Gasteiger charge is 2.44. The van der Waals surface area contributed by atoms with Crippen LogP contribution in [-0.4, -0.2) is 41.0 Å². The van der Waals surface area contributed by atoms with Crippen LogP contribution >= 0.6 is 0 Å². The number of hydrogen-bond acceptors (Lipinski definition) is 4. The molecule has 0 amide bonds. The fourth-order valence-electron chi connectivity index (χ4n) is 8.36. The molecule has 0 saturated carbocycles. The van der Waals surface area contributed by atoms with E-state index in [1.165, 1.54) is 56.1 Å². The SMILES string of the molecule is CCCc1ccc2cc(-c3ccc(-c4ccc(OCCOC5CCCCO5)c(CCO[Si](C(C)C)(C(C)C)C(C)C)c4)cc3CC)ccc2c1. The zero-order valence-corrected chi connectivity index (χ0v) is 33.1. The summed E-state index contributed by atoms with van der Waals surface area (Å²) in [5.41, 5.74) is 10.6. The molecule has 4 nitrogen and oxygen atoms in total. The van der Waals surface area contributed by atoms with E-state index in [0.29, 0.717) is 36.4 Å². The molecule has 50 heavy (non-hydrogen) atoms. The normalized spacial score (nSPS) is 15.5. The van der Waals surface area contributed by atoms with Crippen LogP contribution in [0.4, 0.5) is 0 Å². The van der Waals surface area contributed by atoms with Crippen molar-refractivity contribution in [1.82, 2.24) is 0 Å². The number of hydrogen-bond donors (Lipinski definition) is 0. The maximum Gasteiger partial charge on any atom is 0.200 e. The quantitative estimate of drug-likeness (QED) is 0.0814. The fourth-order valence-corrected chi connectivity index (χ4v) is 13.8. The molecular weight excluding hydrogens is 633 g/mol. The molecule has 1 fully saturated rings. The Hall–Kier alpha value is -2.96. The van der Waals surface area contributed by atoms with Crippen LogP contribution in [0.3, 0.4) is 0 Å². The van der Waals surface area contributed by atoms with E-state index in [-0.39, 0.29) is 6.29 Å². The highest BCUT2D eigenvalue weighted by atomic mass is 28.4. The van der Waals surface area contributed by atoms with Gasteiger partial charge in [0.05, 0.1) is 6.61 Å². The minimum absolute atomic E-state index is 0.104. The molecule has 1 aliphatic rings. The van der Waals surface area contributed by atoms with E-state index >= 15 is 0 Å². The molecule has 1 atom stereocenters. The average molecular weight is 695 g/mol. The molecule has 4 aromatic carbocycles. The van der Waals surface area contributed by atoms with Gasteiger partial charge in [-0.1, -0.05) is 116 Å². The lowest BCUT2D eigenvalue weighted by Crippen LogP contribution is -2.48.